The van der Waals surface area contributed by atoms with Gasteiger partial charge < -0.3 is 15.7 Å². The van der Waals surface area contributed by atoms with Gasteiger partial charge in [0.1, 0.15) is 12.7 Å². The second-order valence-corrected chi connectivity index (χ2v) is 5.98. The lowest BCUT2D eigenvalue weighted by Gasteiger charge is -2.27. The van der Waals surface area contributed by atoms with Crippen molar-refractivity contribution in [1.82, 2.24) is 25.4 Å². The van der Waals surface area contributed by atoms with Crippen LogP contribution >= 0.6 is 0 Å². The molecule has 1 atom stereocenters. The van der Waals surface area contributed by atoms with Crippen molar-refractivity contribution in [1.29, 1.82) is 0 Å². The zero-order chi connectivity index (χ0) is 15.1. The number of carbonyl (C=O) groups excluding carboxylic acids is 1. The topological polar surface area (TPSA) is 92.1 Å². The van der Waals surface area contributed by atoms with Crippen molar-refractivity contribution in [2.75, 3.05) is 6.54 Å². The van der Waals surface area contributed by atoms with Gasteiger partial charge in [0.2, 0.25) is 0 Å². The number of urea groups is 1. The third-order valence-electron chi connectivity index (χ3n) is 3.92. The minimum atomic E-state index is -0.747. The maximum Gasteiger partial charge on any atom is 0.315 e. The van der Waals surface area contributed by atoms with Gasteiger partial charge in [0, 0.05) is 12.6 Å². The highest BCUT2D eigenvalue weighted by atomic mass is 16.3. The predicted octanol–water partition coefficient (Wildman–Crippen LogP) is 1.05. The summed E-state index contributed by atoms with van der Waals surface area (Å²) in [5, 5.41) is 20.1. The van der Waals surface area contributed by atoms with Gasteiger partial charge in [-0.15, -0.1) is 0 Å². The SMILES string of the molecule is CC(Cn1cncn1)NC(=O)NCC1(O)CCCCCC1. The normalized spacial score (nSPS) is 19.5. The van der Waals surface area contributed by atoms with Gasteiger partial charge in [0.15, 0.2) is 0 Å². The minimum absolute atomic E-state index is 0.0597. The largest absolute Gasteiger partial charge is 0.388 e. The van der Waals surface area contributed by atoms with E-state index in [0.717, 1.165) is 25.7 Å². The van der Waals surface area contributed by atoms with E-state index in [0.29, 0.717) is 13.1 Å². The molecular weight excluding hydrogens is 270 g/mol. The van der Waals surface area contributed by atoms with Crippen molar-refractivity contribution in [2.45, 2.75) is 63.6 Å². The highest BCUT2D eigenvalue weighted by Crippen LogP contribution is 2.26. The van der Waals surface area contributed by atoms with E-state index in [4.69, 9.17) is 0 Å². The quantitative estimate of drug-likeness (QED) is 0.708. The van der Waals surface area contributed by atoms with Crippen LogP contribution in [0.5, 0.6) is 0 Å². The molecule has 1 aromatic rings. The summed E-state index contributed by atoms with van der Waals surface area (Å²) in [6.07, 6.45) is 9.01. The molecule has 1 aromatic heterocycles. The van der Waals surface area contributed by atoms with Crippen LogP contribution < -0.4 is 10.6 Å². The maximum absolute atomic E-state index is 11.9. The zero-order valence-corrected chi connectivity index (χ0v) is 12.6. The molecule has 2 rings (SSSR count). The molecule has 1 unspecified atom stereocenters. The smallest absolute Gasteiger partial charge is 0.315 e. The van der Waals surface area contributed by atoms with Gasteiger partial charge in [-0.2, -0.15) is 5.10 Å². The van der Waals surface area contributed by atoms with E-state index in [1.807, 2.05) is 6.92 Å². The van der Waals surface area contributed by atoms with E-state index in [9.17, 15) is 9.90 Å². The molecule has 2 amide bonds. The summed E-state index contributed by atoms with van der Waals surface area (Å²) in [4.78, 5) is 15.7. The first-order valence-electron chi connectivity index (χ1n) is 7.67. The second kappa shape index (κ2) is 7.40. The molecule has 0 bridgehead atoms. The molecule has 1 aliphatic rings. The van der Waals surface area contributed by atoms with E-state index in [1.54, 1.807) is 11.0 Å². The van der Waals surface area contributed by atoms with E-state index >= 15 is 0 Å². The molecule has 0 radical (unpaired) electrons. The number of aromatic nitrogens is 3. The average Bonchev–Trinajstić information content (AvgIpc) is 2.84. The Bertz CT molecular complexity index is 427. The summed E-state index contributed by atoms with van der Waals surface area (Å²) < 4.78 is 1.67. The molecule has 0 spiro atoms. The van der Waals surface area contributed by atoms with Crippen LogP contribution in [0.2, 0.25) is 0 Å². The summed E-state index contributed by atoms with van der Waals surface area (Å²) in [6.45, 7) is 2.79. The molecule has 1 heterocycles. The Morgan fingerprint density at radius 1 is 1.38 bits per heavy atom. The van der Waals surface area contributed by atoms with Crippen LogP contribution in [0.25, 0.3) is 0 Å². The second-order valence-electron chi connectivity index (χ2n) is 5.98. The van der Waals surface area contributed by atoms with Crippen molar-refractivity contribution >= 4 is 6.03 Å². The molecule has 1 fully saturated rings. The molecule has 118 valence electrons. The summed E-state index contributed by atoms with van der Waals surface area (Å²) in [5.41, 5.74) is -0.747. The average molecular weight is 295 g/mol. The number of aliphatic hydroxyl groups is 1. The number of hydrogen-bond acceptors (Lipinski definition) is 4. The highest BCUT2D eigenvalue weighted by molar-refractivity contribution is 5.74. The van der Waals surface area contributed by atoms with Crippen molar-refractivity contribution in [3.63, 3.8) is 0 Å². The molecule has 0 aromatic carbocycles. The number of hydrogen-bond donors (Lipinski definition) is 3. The van der Waals surface area contributed by atoms with Crippen LogP contribution in [0.4, 0.5) is 4.79 Å². The van der Waals surface area contributed by atoms with Crippen LogP contribution in [-0.2, 0) is 6.54 Å². The van der Waals surface area contributed by atoms with Crippen molar-refractivity contribution in [3.8, 4) is 0 Å². The van der Waals surface area contributed by atoms with Gasteiger partial charge >= 0.3 is 6.03 Å². The minimum Gasteiger partial charge on any atom is -0.388 e. The Morgan fingerprint density at radius 2 is 2.10 bits per heavy atom. The lowest BCUT2D eigenvalue weighted by atomic mass is 9.95. The molecule has 7 nitrogen and oxygen atoms in total. The molecular formula is C14H25N5O2. The molecule has 1 saturated carbocycles. The monoisotopic (exact) mass is 295 g/mol. The zero-order valence-electron chi connectivity index (χ0n) is 12.6. The van der Waals surface area contributed by atoms with Gasteiger partial charge in [-0.3, -0.25) is 4.68 Å². The number of carbonyl (C=O) groups is 1. The van der Waals surface area contributed by atoms with Crippen LogP contribution in [-0.4, -0.2) is 44.1 Å². The Morgan fingerprint density at radius 3 is 2.71 bits per heavy atom. The summed E-state index contributed by atoms with van der Waals surface area (Å²) in [6, 6.07) is -0.309. The number of nitrogens with one attached hydrogen (secondary N) is 2. The standard InChI is InChI=1S/C14H25N5O2/c1-12(8-19-11-15-10-17-19)18-13(20)16-9-14(21)6-4-2-3-5-7-14/h10-12,21H,2-9H2,1H3,(H2,16,18,20). The molecule has 0 aliphatic heterocycles. The summed E-state index contributed by atoms with van der Waals surface area (Å²) in [7, 11) is 0. The van der Waals surface area contributed by atoms with Gasteiger partial charge in [0.25, 0.3) is 0 Å². The highest BCUT2D eigenvalue weighted by Gasteiger charge is 2.28. The number of rotatable bonds is 5. The fourth-order valence-electron chi connectivity index (χ4n) is 2.74. The first-order chi connectivity index (χ1) is 10.1. The van der Waals surface area contributed by atoms with Gasteiger partial charge in [-0.05, 0) is 19.8 Å². The lowest BCUT2D eigenvalue weighted by molar-refractivity contribution is 0.0276. The van der Waals surface area contributed by atoms with Crippen LogP contribution in [0.3, 0.4) is 0 Å². The Kier molecular flexibility index (Phi) is 5.55. The predicted molar refractivity (Wildman–Crippen MR) is 78.7 cm³/mol. The van der Waals surface area contributed by atoms with E-state index in [-0.39, 0.29) is 12.1 Å². The third kappa shape index (κ3) is 5.34. The first-order valence-corrected chi connectivity index (χ1v) is 7.67. The molecule has 7 heteroatoms. The number of amides is 2. The summed E-state index contributed by atoms with van der Waals surface area (Å²) >= 11 is 0. The van der Waals surface area contributed by atoms with Crippen molar-refractivity contribution < 1.29 is 9.90 Å². The molecule has 0 saturated heterocycles. The molecule has 1 aliphatic carbocycles. The molecule has 3 N–H and O–H groups in total. The number of nitrogens with zero attached hydrogens (tertiary/aromatic N) is 3. The van der Waals surface area contributed by atoms with Gasteiger partial charge in [0.05, 0.1) is 12.1 Å². The Balaban J connectivity index is 1.71. The Labute approximate surface area is 125 Å². The van der Waals surface area contributed by atoms with Gasteiger partial charge in [-0.25, -0.2) is 9.78 Å². The van der Waals surface area contributed by atoms with E-state index < -0.39 is 5.60 Å². The van der Waals surface area contributed by atoms with Crippen LogP contribution in [0.15, 0.2) is 12.7 Å². The van der Waals surface area contributed by atoms with E-state index in [2.05, 4.69) is 20.7 Å². The van der Waals surface area contributed by atoms with Gasteiger partial charge in [-0.1, -0.05) is 25.7 Å². The van der Waals surface area contributed by atoms with Crippen molar-refractivity contribution in [3.05, 3.63) is 12.7 Å². The third-order valence-corrected chi connectivity index (χ3v) is 3.92. The maximum atomic E-state index is 11.9. The lowest BCUT2D eigenvalue weighted by Crippen LogP contribution is -2.48. The Hall–Kier alpha value is -1.63. The summed E-state index contributed by atoms with van der Waals surface area (Å²) in [5.74, 6) is 0. The first kappa shape index (κ1) is 15.8. The van der Waals surface area contributed by atoms with E-state index in [1.165, 1.54) is 19.2 Å². The van der Waals surface area contributed by atoms with Crippen LogP contribution in [0.1, 0.15) is 45.4 Å². The fourth-order valence-corrected chi connectivity index (χ4v) is 2.74. The van der Waals surface area contributed by atoms with Crippen molar-refractivity contribution in [2.24, 2.45) is 0 Å². The molecule has 21 heavy (non-hydrogen) atoms. The van der Waals surface area contributed by atoms with Crippen LogP contribution in [0, 0.1) is 0 Å². The fraction of sp³-hybridized carbons (Fsp3) is 0.786.